The summed E-state index contributed by atoms with van der Waals surface area (Å²) in [5.74, 6) is 5.81. The minimum Gasteiger partial charge on any atom is -0.196 e. The molecular formula is C22H46S. The lowest BCUT2D eigenvalue weighted by atomic mass is 9.63. The van der Waals surface area contributed by atoms with Crippen LogP contribution < -0.4 is 0 Å². The van der Waals surface area contributed by atoms with E-state index in [-0.39, 0.29) is 0 Å². The summed E-state index contributed by atoms with van der Waals surface area (Å²) in [4.78, 5) is 0. The smallest absolute Gasteiger partial charge is 0.0173 e. The third-order valence-electron chi connectivity index (χ3n) is 6.05. The Balaban J connectivity index is 5.78. The van der Waals surface area contributed by atoms with E-state index in [1.165, 1.54) is 25.7 Å². The molecular weight excluding hydrogens is 296 g/mol. The van der Waals surface area contributed by atoms with E-state index in [1.807, 2.05) is 0 Å². The molecule has 0 aliphatic rings. The zero-order valence-corrected chi connectivity index (χ0v) is 18.7. The number of hydrogen-bond acceptors (Lipinski definition) is 0. The number of rotatable bonds is 11. The fraction of sp³-hybridized carbons (Fsp3) is 0.955. The van der Waals surface area contributed by atoms with E-state index in [2.05, 4.69) is 73.3 Å². The summed E-state index contributed by atoms with van der Waals surface area (Å²) < 4.78 is 0. The van der Waals surface area contributed by atoms with E-state index >= 15 is 0 Å². The predicted molar refractivity (Wildman–Crippen MR) is 114 cm³/mol. The lowest BCUT2D eigenvalue weighted by Gasteiger charge is -2.43. The quantitative estimate of drug-likeness (QED) is 0.344. The zero-order chi connectivity index (χ0) is 18.2. The van der Waals surface area contributed by atoms with Gasteiger partial charge in [0, 0.05) is 0 Å². The summed E-state index contributed by atoms with van der Waals surface area (Å²) in [6.07, 6.45) is 10.1. The van der Waals surface area contributed by atoms with Crippen LogP contribution in [0.15, 0.2) is 0 Å². The molecule has 6 atom stereocenters. The molecule has 0 saturated carbocycles. The van der Waals surface area contributed by atoms with Crippen molar-refractivity contribution < 1.29 is 0 Å². The standard InChI is InChI=1S/C22H46S/c1-11-17(6)20(13-3)22(19(8)15-23(9)10)21(14-16(4)5)18(7)12-2/h15-22H,11-14H2,1-10H3. The molecule has 6 unspecified atom stereocenters. The van der Waals surface area contributed by atoms with Crippen LogP contribution in [0.3, 0.4) is 0 Å². The van der Waals surface area contributed by atoms with Crippen molar-refractivity contribution in [2.75, 3.05) is 12.5 Å². The molecule has 140 valence electrons. The first-order valence-electron chi connectivity index (χ1n) is 10.1. The highest BCUT2D eigenvalue weighted by Crippen LogP contribution is 2.43. The molecule has 0 radical (unpaired) electrons. The second-order valence-corrected chi connectivity index (χ2v) is 10.6. The maximum absolute atomic E-state index is 2.66. The average Bonchev–Trinajstić information content (AvgIpc) is 2.47. The highest BCUT2D eigenvalue weighted by Gasteiger charge is 2.36. The van der Waals surface area contributed by atoms with E-state index in [9.17, 15) is 0 Å². The van der Waals surface area contributed by atoms with Crippen LogP contribution in [0.1, 0.15) is 81.1 Å². The van der Waals surface area contributed by atoms with Crippen LogP contribution in [0, 0.1) is 41.4 Å². The normalized spacial score (nSPS) is 20.2. The van der Waals surface area contributed by atoms with Gasteiger partial charge in [0.25, 0.3) is 0 Å². The van der Waals surface area contributed by atoms with Gasteiger partial charge in [0.05, 0.1) is 0 Å². The summed E-state index contributed by atoms with van der Waals surface area (Å²) in [5, 5.41) is 2.66. The summed E-state index contributed by atoms with van der Waals surface area (Å²) in [5.41, 5.74) is 0. The molecule has 0 saturated heterocycles. The van der Waals surface area contributed by atoms with Gasteiger partial charge in [-0.2, -0.15) is 10.5 Å². The molecule has 0 fully saturated rings. The first kappa shape index (κ1) is 23.2. The molecule has 23 heavy (non-hydrogen) atoms. The topological polar surface area (TPSA) is 0 Å². The van der Waals surface area contributed by atoms with Gasteiger partial charge < -0.3 is 0 Å². The molecule has 0 bridgehead atoms. The van der Waals surface area contributed by atoms with Crippen LogP contribution in [0.5, 0.6) is 0 Å². The molecule has 0 aromatic heterocycles. The zero-order valence-electron chi connectivity index (χ0n) is 17.9. The Morgan fingerprint density at radius 3 is 1.57 bits per heavy atom. The third-order valence-corrected chi connectivity index (χ3v) is 7.02. The van der Waals surface area contributed by atoms with Gasteiger partial charge in [-0.1, -0.05) is 80.0 Å². The van der Waals surface area contributed by atoms with Crippen molar-refractivity contribution in [1.29, 1.82) is 0 Å². The molecule has 0 nitrogen and oxygen atoms in total. The first-order chi connectivity index (χ1) is 10.7. The van der Waals surface area contributed by atoms with Crippen LogP contribution in [0.2, 0.25) is 0 Å². The van der Waals surface area contributed by atoms with Crippen LogP contribution in [-0.4, -0.2) is 17.9 Å². The molecule has 0 spiro atoms. The van der Waals surface area contributed by atoms with E-state index in [0.717, 1.165) is 41.4 Å². The van der Waals surface area contributed by atoms with Crippen molar-refractivity contribution in [3.8, 4) is 0 Å². The van der Waals surface area contributed by atoms with Gasteiger partial charge in [-0.05, 0) is 60.4 Å². The van der Waals surface area contributed by atoms with Crippen molar-refractivity contribution in [3.63, 3.8) is 0 Å². The summed E-state index contributed by atoms with van der Waals surface area (Å²) in [7, 11) is 0.431. The highest BCUT2D eigenvalue weighted by molar-refractivity contribution is 8.13. The molecule has 0 N–H and O–H groups in total. The number of hydrogen-bond donors (Lipinski definition) is 0. The highest BCUT2D eigenvalue weighted by atomic mass is 32.2. The molecule has 0 aliphatic carbocycles. The van der Waals surface area contributed by atoms with Crippen molar-refractivity contribution in [2.45, 2.75) is 81.1 Å². The van der Waals surface area contributed by atoms with Gasteiger partial charge >= 0.3 is 0 Å². The Morgan fingerprint density at radius 1 is 0.739 bits per heavy atom. The van der Waals surface area contributed by atoms with Crippen molar-refractivity contribution in [3.05, 3.63) is 0 Å². The average molecular weight is 343 g/mol. The van der Waals surface area contributed by atoms with Crippen molar-refractivity contribution in [2.24, 2.45) is 41.4 Å². The lowest BCUT2D eigenvalue weighted by Crippen LogP contribution is -2.37. The summed E-state index contributed by atoms with van der Waals surface area (Å²) in [6, 6.07) is 0. The van der Waals surface area contributed by atoms with E-state index in [4.69, 9.17) is 0 Å². The molecule has 0 heterocycles. The maximum atomic E-state index is 2.66. The Hall–Kier alpha value is 0.220. The van der Waals surface area contributed by atoms with Crippen molar-refractivity contribution >= 4 is 15.9 Å². The predicted octanol–water partition coefficient (Wildman–Crippen LogP) is 7.35. The Labute approximate surface area is 151 Å². The third kappa shape index (κ3) is 7.76. The molecule has 0 aliphatic heterocycles. The van der Waals surface area contributed by atoms with Gasteiger partial charge in [0.1, 0.15) is 0 Å². The molecule has 0 aromatic rings. The molecule has 0 rings (SSSR count). The monoisotopic (exact) mass is 342 g/mol. The van der Waals surface area contributed by atoms with E-state index < -0.39 is 0 Å². The van der Waals surface area contributed by atoms with Gasteiger partial charge in [0.2, 0.25) is 0 Å². The minimum atomic E-state index is 0.431. The fourth-order valence-electron chi connectivity index (χ4n) is 4.59. The summed E-state index contributed by atoms with van der Waals surface area (Å²) >= 11 is 0. The second kappa shape index (κ2) is 11.7. The van der Waals surface area contributed by atoms with Gasteiger partial charge in [0.15, 0.2) is 0 Å². The Morgan fingerprint density at radius 2 is 1.22 bits per heavy atom. The van der Waals surface area contributed by atoms with Gasteiger partial charge in [-0.25, -0.2) is 0 Å². The van der Waals surface area contributed by atoms with Crippen molar-refractivity contribution in [1.82, 2.24) is 0 Å². The van der Waals surface area contributed by atoms with Crippen LogP contribution in [0.25, 0.3) is 0 Å². The van der Waals surface area contributed by atoms with Crippen LogP contribution in [-0.2, 0) is 0 Å². The minimum absolute atomic E-state index is 0.431. The Kier molecular flexibility index (Phi) is 11.8. The second-order valence-electron chi connectivity index (χ2n) is 8.59. The SMILES string of the molecule is CCC(C)C(CC)C(C(C)C=S(C)C)C(CC(C)C)C(C)CC. The molecule has 0 amide bonds. The van der Waals surface area contributed by atoms with Crippen LogP contribution >= 0.6 is 10.5 Å². The molecule has 1 heteroatoms. The van der Waals surface area contributed by atoms with E-state index in [0.29, 0.717) is 10.5 Å². The first-order valence-corrected chi connectivity index (χ1v) is 12.2. The lowest BCUT2D eigenvalue weighted by molar-refractivity contribution is 0.0819. The largest absolute Gasteiger partial charge is 0.196 e. The van der Waals surface area contributed by atoms with Gasteiger partial charge in [-0.3, -0.25) is 0 Å². The summed E-state index contributed by atoms with van der Waals surface area (Å²) in [6.45, 7) is 19.5. The van der Waals surface area contributed by atoms with Gasteiger partial charge in [-0.15, -0.1) is 0 Å². The Bertz CT molecular complexity index is 327. The molecule has 0 aromatic carbocycles. The van der Waals surface area contributed by atoms with E-state index in [1.54, 1.807) is 0 Å². The fourth-order valence-corrected chi connectivity index (χ4v) is 5.63. The maximum Gasteiger partial charge on any atom is -0.0173 e. The van der Waals surface area contributed by atoms with Crippen LogP contribution in [0.4, 0.5) is 0 Å².